The summed E-state index contributed by atoms with van der Waals surface area (Å²) >= 11 is 7.35. The minimum Gasteiger partial charge on any atom is -0.493 e. The van der Waals surface area contributed by atoms with Crippen molar-refractivity contribution in [3.05, 3.63) is 57.4 Å². The molecule has 0 saturated heterocycles. The van der Waals surface area contributed by atoms with Crippen molar-refractivity contribution >= 4 is 34.6 Å². The summed E-state index contributed by atoms with van der Waals surface area (Å²) in [6.07, 6.45) is 1.74. The number of aromatic nitrogens is 1. The summed E-state index contributed by atoms with van der Waals surface area (Å²) in [5.74, 6) is 1.54. The first-order valence-electron chi connectivity index (χ1n) is 8.23. The largest absolute Gasteiger partial charge is 0.493 e. The molecule has 0 aliphatic heterocycles. The number of benzene rings is 2. The quantitative estimate of drug-likeness (QED) is 0.496. The van der Waals surface area contributed by atoms with Gasteiger partial charge in [0.25, 0.3) is 0 Å². The monoisotopic (exact) mass is 412 g/mol. The zero-order valence-corrected chi connectivity index (χ0v) is 17.1. The predicted octanol–water partition coefficient (Wildman–Crippen LogP) is 5.55. The first kappa shape index (κ1) is 19.7. The Balaban J connectivity index is 1.99. The molecule has 0 spiro atoms. The second-order valence-corrected chi connectivity index (χ2v) is 6.97. The fraction of sp³-hybridized carbons (Fsp3) is 0.143. The van der Waals surface area contributed by atoms with Crippen LogP contribution in [0.2, 0.25) is 5.02 Å². The lowest BCUT2D eigenvalue weighted by Gasteiger charge is -2.13. The third-order valence-corrected chi connectivity index (χ3v) is 5.12. The molecule has 7 heteroatoms. The van der Waals surface area contributed by atoms with Gasteiger partial charge in [-0.15, -0.1) is 11.3 Å². The fourth-order valence-electron chi connectivity index (χ4n) is 2.64. The maximum Gasteiger partial charge on any atom is 0.203 e. The third kappa shape index (κ3) is 4.11. The number of ether oxygens (including phenoxy) is 3. The smallest absolute Gasteiger partial charge is 0.203 e. The summed E-state index contributed by atoms with van der Waals surface area (Å²) in [6.45, 7) is 0. The highest BCUT2D eigenvalue weighted by atomic mass is 35.5. The molecule has 0 amide bonds. The van der Waals surface area contributed by atoms with E-state index in [4.69, 9.17) is 25.8 Å². The van der Waals surface area contributed by atoms with Crippen LogP contribution in [0.4, 0.5) is 0 Å². The van der Waals surface area contributed by atoms with Crippen molar-refractivity contribution < 1.29 is 14.2 Å². The van der Waals surface area contributed by atoms with Crippen LogP contribution >= 0.6 is 22.9 Å². The number of halogens is 1. The molecule has 3 aromatic rings. The van der Waals surface area contributed by atoms with E-state index in [0.29, 0.717) is 32.9 Å². The van der Waals surface area contributed by atoms with Crippen molar-refractivity contribution in [3.8, 4) is 34.6 Å². The molecule has 0 unspecified atom stereocenters. The van der Waals surface area contributed by atoms with Crippen molar-refractivity contribution in [3.63, 3.8) is 0 Å². The highest BCUT2D eigenvalue weighted by molar-refractivity contribution is 7.11. The van der Waals surface area contributed by atoms with Gasteiger partial charge in [-0.25, -0.2) is 4.98 Å². The van der Waals surface area contributed by atoms with E-state index < -0.39 is 0 Å². The molecule has 28 heavy (non-hydrogen) atoms. The molecule has 0 saturated carbocycles. The molecule has 0 aliphatic carbocycles. The molecule has 2 aromatic carbocycles. The molecule has 0 bridgehead atoms. The Morgan fingerprint density at radius 2 is 1.71 bits per heavy atom. The number of nitriles is 1. The van der Waals surface area contributed by atoms with E-state index in [0.717, 1.165) is 16.8 Å². The van der Waals surface area contributed by atoms with Gasteiger partial charge >= 0.3 is 0 Å². The summed E-state index contributed by atoms with van der Waals surface area (Å²) in [6, 6.07) is 13.2. The minimum atomic E-state index is 0.444. The van der Waals surface area contributed by atoms with Gasteiger partial charge in [0.1, 0.15) is 11.1 Å². The first-order chi connectivity index (χ1) is 13.6. The molecule has 1 aromatic heterocycles. The highest BCUT2D eigenvalue weighted by Crippen LogP contribution is 2.39. The summed E-state index contributed by atoms with van der Waals surface area (Å²) in [4.78, 5) is 4.59. The third-order valence-electron chi connectivity index (χ3n) is 3.99. The van der Waals surface area contributed by atoms with Crippen LogP contribution in [0.3, 0.4) is 0 Å². The molecule has 142 valence electrons. The van der Waals surface area contributed by atoms with Crippen LogP contribution in [0.15, 0.2) is 41.8 Å². The Bertz CT molecular complexity index is 1030. The van der Waals surface area contributed by atoms with E-state index in [1.54, 1.807) is 39.5 Å². The van der Waals surface area contributed by atoms with Crippen molar-refractivity contribution in [2.24, 2.45) is 0 Å². The molecule has 0 atom stereocenters. The fourth-order valence-corrected chi connectivity index (χ4v) is 3.56. The molecule has 5 nitrogen and oxygen atoms in total. The zero-order valence-electron chi connectivity index (χ0n) is 15.5. The van der Waals surface area contributed by atoms with Gasteiger partial charge in [0.05, 0.1) is 32.6 Å². The number of thiazole rings is 1. The minimum absolute atomic E-state index is 0.444. The Hall–Kier alpha value is -3.01. The first-order valence-corrected chi connectivity index (χ1v) is 9.49. The van der Waals surface area contributed by atoms with Crippen molar-refractivity contribution in [1.82, 2.24) is 4.98 Å². The van der Waals surface area contributed by atoms with E-state index in [1.165, 1.54) is 11.3 Å². The summed E-state index contributed by atoms with van der Waals surface area (Å²) in [7, 11) is 4.65. The molecular weight excluding hydrogens is 396 g/mol. The van der Waals surface area contributed by atoms with Crippen molar-refractivity contribution in [2.75, 3.05) is 21.3 Å². The SMILES string of the molecule is COc1cc(C=C(C#N)c2nc(-c3ccc(Cl)cc3)cs2)cc(OC)c1OC. The molecule has 0 radical (unpaired) electrons. The maximum absolute atomic E-state index is 9.65. The summed E-state index contributed by atoms with van der Waals surface area (Å²) in [5, 5.41) is 12.9. The number of hydrogen-bond donors (Lipinski definition) is 0. The number of allylic oxidation sites excluding steroid dienone is 1. The molecule has 3 rings (SSSR count). The van der Waals surface area contributed by atoms with Gasteiger partial charge < -0.3 is 14.2 Å². The van der Waals surface area contributed by atoms with E-state index in [1.807, 2.05) is 29.6 Å². The molecule has 1 heterocycles. The predicted molar refractivity (Wildman–Crippen MR) is 112 cm³/mol. The van der Waals surface area contributed by atoms with Gasteiger partial charge in [0.15, 0.2) is 11.5 Å². The van der Waals surface area contributed by atoms with Crippen LogP contribution in [0.1, 0.15) is 10.6 Å². The van der Waals surface area contributed by atoms with Crippen LogP contribution in [0.25, 0.3) is 22.9 Å². The lowest BCUT2D eigenvalue weighted by molar-refractivity contribution is 0.324. The zero-order chi connectivity index (χ0) is 20.1. The normalized spacial score (nSPS) is 11.0. The van der Waals surface area contributed by atoms with E-state index in [9.17, 15) is 5.26 Å². The Morgan fingerprint density at radius 3 is 2.25 bits per heavy atom. The average molecular weight is 413 g/mol. The van der Waals surface area contributed by atoms with Gasteiger partial charge in [-0.3, -0.25) is 0 Å². The van der Waals surface area contributed by atoms with E-state index >= 15 is 0 Å². The summed E-state index contributed by atoms with van der Waals surface area (Å²) < 4.78 is 16.1. The van der Waals surface area contributed by atoms with Gasteiger partial charge in [-0.2, -0.15) is 5.26 Å². The molecular formula is C21H17ClN2O3S. The Morgan fingerprint density at radius 1 is 1.07 bits per heavy atom. The van der Waals surface area contributed by atoms with Crippen molar-refractivity contribution in [2.45, 2.75) is 0 Å². The lowest BCUT2D eigenvalue weighted by Crippen LogP contribution is -1.95. The van der Waals surface area contributed by atoms with Crippen LogP contribution in [0.5, 0.6) is 17.2 Å². The molecule has 0 N–H and O–H groups in total. The van der Waals surface area contributed by atoms with E-state index in [-0.39, 0.29) is 0 Å². The van der Waals surface area contributed by atoms with Crippen LogP contribution in [0, 0.1) is 11.3 Å². The number of hydrogen-bond acceptors (Lipinski definition) is 6. The van der Waals surface area contributed by atoms with Gasteiger partial charge in [-0.1, -0.05) is 23.7 Å². The van der Waals surface area contributed by atoms with E-state index in [2.05, 4.69) is 11.1 Å². The topological polar surface area (TPSA) is 64.4 Å². The second-order valence-electron chi connectivity index (χ2n) is 5.67. The van der Waals surface area contributed by atoms with Gasteiger partial charge in [0.2, 0.25) is 5.75 Å². The van der Waals surface area contributed by atoms with Gasteiger partial charge in [0, 0.05) is 16.0 Å². The second kappa shape index (κ2) is 8.79. The number of methoxy groups -OCH3 is 3. The highest BCUT2D eigenvalue weighted by Gasteiger charge is 2.14. The van der Waals surface area contributed by atoms with Gasteiger partial charge in [-0.05, 0) is 35.9 Å². The molecule has 0 fully saturated rings. The maximum atomic E-state index is 9.65. The van der Waals surface area contributed by atoms with Crippen LogP contribution in [-0.4, -0.2) is 26.3 Å². The standard InChI is InChI=1S/C21H17ClN2O3S/c1-25-18-9-13(10-19(26-2)20(18)27-3)8-15(11-23)21-24-17(12-28-21)14-4-6-16(22)7-5-14/h4-10,12H,1-3H3. The number of nitrogens with zero attached hydrogens (tertiary/aromatic N) is 2. The van der Waals surface area contributed by atoms with Crippen molar-refractivity contribution in [1.29, 1.82) is 5.26 Å². The number of rotatable bonds is 6. The van der Waals surface area contributed by atoms with Crippen LogP contribution < -0.4 is 14.2 Å². The summed E-state index contributed by atoms with van der Waals surface area (Å²) in [5.41, 5.74) is 2.92. The lowest BCUT2D eigenvalue weighted by atomic mass is 10.1. The molecule has 0 aliphatic rings. The Kier molecular flexibility index (Phi) is 6.19. The average Bonchev–Trinajstić information content (AvgIpc) is 3.21. The van der Waals surface area contributed by atoms with Crippen LogP contribution in [-0.2, 0) is 0 Å². The Labute approximate surface area is 172 Å².